The third-order valence-electron chi connectivity index (χ3n) is 3.75. The molecule has 0 radical (unpaired) electrons. The number of ether oxygens (including phenoxy) is 2. The van der Waals surface area contributed by atoms with Gasteiger partial charge in [0.15, 0.2) is 0 Å². The Hall–Kier alpha value is -2.63. The number of rotatable bonds is 8. The first-order valence-corrected chi connectivity index (χ1v) is 7.99. The summed E-state index contributed by atoms with van der Waals surface area (Å²) in [5, 5.41) is 2.88. The maximum Gasteiger partial charge on any atom is 0.387 e. The largest absolute Gasteiger partial charge is 0.497 e. The van der Waals surface area contributed by atoms with Crippen LogP contribution in [0.4, 0.5) is 8.78 Å². The number of benzene rings is 2. The van der Waals surface area contributed by atoms with Crippen molar-refractivity contribution in [3.63, 3.8) is 0 Å². The van der Waals surface area contributed by atoms with Crippen LogP contribution in [0, 0.1) is 0 Å². The highest BCUT2D eigenvalue weighted by molar-refractivity contribution is 5.79. The van der Waals surface area contributed by atoms with Crippen LogP contribution >= 0.6 is 0 Å². The van der Waals surface area contributed by atoms with Crippen molar-refractivity contribution in [1.82, 2.24) is 5.32 Å². The molecule has 134 valence electrons. The van der Waals surface area contributed by atoms with Gasteiger partial charge in [-0.05, 0) is 30.2 Å². The molecule has 0 aliphatic heterocycles. The highest BCUT2D eigenvalue weighted by Crippen LogP contribution is 2.28. The second kappa shape index (κ2) is 9.01. The molecule has 2 aromatic carbocycles. The van der Waals surface area contributed by atoms with Gasteiger partial charge in [0, 0.05) is 5.56 Å². The van der Waals surface area contributed by atoms with Gasteiger partial charge in [-0.3, -0.25) is 4.79 Å². The molecule has 0 spiro atoms. The number of methoxy groups -OCH3 is 1. The van der Waals surface area contributed by atoms with E-state index in [1.165, 1.54) is 6.07 Å². The highest BCUT2D eigenvalue weighted by atomic mass is 19.3. The summed E-state index contributed by atoms with van der Waals surface area (Å²) in [4.78, 5) is 12.3. The SMILES string of the molecule is CC[C@H](NC(=O)Cc1cccc(OC)c1)c1ccccc1OC(F)F. The van der Waals surface area contributed by atoms with E-state index >= 15 is 0 Å². The molecule has 1 amide bonds. The van der Waals surface area contributed by atoms with Crippen molar-refractivity contribution in [1.29, 1.82) is 0 Å². The van der Waals surface area contributed by atoms with Crippen molar-refractivity contribution in [2.45, 2.75) is 32.4 Å². The van der Waals surface area contributed by atoms with Crippen LogP contribution in [0.1, 0.15) is 30.5 Å². The Morgan fingerprint density at radius 3 is 2.60 bits per heavy atom. The second-order valence-corrected chi connectivity index (χ2v) is 5.47. The Morgan fingerprint density at radius 2 is 1.92 bits per heavy atom. The number of para-hydroxylation sites is 1. The van der Waals surface area contributed by atoms with Gasteiger partial charge >= 0.3 is 6.61 Å². The first kappa shape index (κ1) is 18.7. The van der Waals surface area contributed by atoms with E-state index in [2.05, 4.69) is 10.1 Å². The van der Waals surface area contributed by atoms with Gasteiger partial charge in [-0.15, -0.1) is 0 Å². The zero-order valence-corrected chi connectivity index (χ0v) is 14.2. The summed E-state index contributed by atoms with van der Waals surface area (Å²) in [6, 6.07) is 13.3. The standard InChI is InChI=1S/C19H21F2NO3/c1-3-16(15-9-4-5-10-17(15)25-19(20)21)22-18(23)12-13-7-6-8-14(11-13)24-2/h4-11,16,19H,3,12H2,1-2H3,(H,22,23)/t16-/m0/s1. The molecule has 0 saturated heterocycles. The fourth-order valence-corrected chi connectivity index (χ4v) is 2.58. The molecule has 1 N–H and O–H groups in total. The lowest BCUT2D eigenvalue weighted by Crippen LogP contribution is -2.30. The Kier molecular flexibility index (Phi) is 6.74. The third kappa shape index (κ3) is 5.45. The minimum absolute atomic E-state index is 0.0750. The maximum atomic E-state index is 12.6. The predicted octanol–water partition coefficient (Wildman–Crippen LogP) is 4.11. The highest BCUT2D eigenvalue weighted by Gasteiger charge is 2.19. The van der Waals surface area contributed by atoms with E-state index in [9.17, 15) is 13.6 Å². The number of hydrogen-bond donors (Lipinski definition) is 1. The smallest absolute Gasteiger partial charge is 0.387 e. The summed E-state index contributed by atoms with van der Waals surface area (Å²) < 4.78 is 34.8. The minimum atomic E-state index is -2.91. The normalized spacial score (nSPS) is 11.9. The second-order valence-electron chi connectivity index (χ2n) is 5.47. The molecule has 4 nitrogen and oxygen atoms in total. The van der Waals surface area contributed by atoms with Crippen molar-refractivity contribution < 1.29 is 23.0 Å². The van der Waals surface area contributed by atoms with Gasteiger partial charge in [0.2, 0.25) is 5.91 Å². The Labute approximate surface area is 145 Å². The summed E-state index contributed by atoms with van der Waals surface area (Å²) in [7, 11) is 1.56. The lowest BCUT2D eigenvalue weighted by atomic mass is 10.0. The molecule has 0 saturated carbocycles. The number of carbonyl (C=O) groups excluding carboxylic acids is 1. The monoisotopic (exact) mass is 349 g/mol. The number of hydrogen-bond acceptors (Lipinski definition) is 3. The molecule has 0 bridgehead atoms. The summed E-state index contributed by atoms with van der Waals surface area (Å²) in [5.41, 5.74) is 1.34. The van der Waals surface area contributed by atoms with Crippen molar-refractivity contribution in [3.05, 3.63) is 59.7 Å². The molecule has 6 heteroatoms. The zero-order valence-electron chi connectivity index (χ0n) is 14.2. The van der Waals surface area contributed by atoms with Gasteiger partial charge in [-0.25, -0.2) is 0 Å². The fourth-order valence-electron chi connectivity index (χ4n) is 2.58. The van der Waals surface area contributed by atoms with Crippen molar-refractivity contribution in [2.24, 2.45) is 0 Å². The number of amides is 1. The molecule has 0 fully saturated rings. The lowest BCUT2D eigenvalue weighted by Gasteiger charge is -2.20. The van der Waals surface area contributed by atoms with E-state index in [1.807, 2.05) is 19.1 Å². The number of alkyl halides is 2. The van der Waals surface area contributed by atoms with E-state index in [-0.39, 0.29) is 18.1 Å². The molecule has 0 aliphatic rings. The van der Waals surface area contributed by atoms with Crippen molar-refractivity contribution >= 4 is 5.91 Å². The van der Waals surface area contributed by atoms with Gasteiger partial charge < -0.3 is 14.8 Å². The number of nitrogens with one attached hydrogen (secondary N) is 1. The van der Waals surface area contributed by atoms with Gasteiger partial charge in [-0.1, -0.05) is 37.3 Å². The van der Waals surface area contributed by atoms with E-state index in [0.29, 0.717) is 17.7 Å². The first-order chi connectivity index (χ1) is 12.0. The van der Waals surface area contributed by atoms with Crippen LogP contribution in [0.25, 0.3) is 0 Å². The molecular formula is C19H21F2NO3. The van der Waals surface area contributed by atoms with Crippen molar-refractivity contribution in [2.75, 3.05) is 7.11 Å². The van der Waals surface area contributed by atoms with Crippen LogP contribution < -0.4 is 14.8 Å². The van der Waals surface area contributed by atoms with Crippen molar-refractivity contribution in [3.8, 4) is 11.5 Å². The molecule has 1 atom stereocenters. The van der Waals surface area contributed by atoms with Crippen LogP contribution in [0.2, 0.25) is 0 Å². The zero-order chi connectivity index (χ0) is 18.2. The molecule has 0 aromatic heterocycles. The predicted molar refractivity (Wildman–Crippen MR) is 90.9 cm³/mol. The Bertz CT molecular complexity index is 707. The summed E-state index contributed by atoms with van der Waals surface area (Å²) in [5.74, 6) is 0.547. The van der Waals surface area contributed by atoms with Crippen LogP contribution in [0.3, 0.4) is 0 Å². The average molecular weight is 349 g/mol. The summed E-state index contributed by atoms with van der Waals surface area (Å²) in [6.07, 6.45) is 0.721. The maximum absolute atomic E-state index is 12.6. The van der Waals surface area contributed by atoms with Crippen LogP contribution in [-0.4, -0.2) is 19.6 Å². The van der Waals surface area contributed by atoms with Crippen LogP contribution in [0.15, 0.2) is 48.5 Å². The van der Waals surface area contributed by atoms with Gasteiger partial charge in [-0.2, -0.15) is 8.78 Å². The Morgan fingerprint density at radius 1 is 1.16 bits per heavy atom. The van der Waals surface area contributed by atoms with Crippen LogP contribution in [-0.2, 0) is 11.2 Å². The molecule has 2 aromatic rings. The molecule has 0 aliphatic carbocycles. The van der Waals surface area contributed by atoms with E-state index in [0.717, 1.165) is 5.56 Å². The van der Waals surface area contributed by atoms with Gasteiger partial charge in [0.25, 0.3) is 0 Å². The molecule has 0 unspecified atom stereocenters. The summed E-state index contributed by atoms with van der Waals surface area (Å²) >= 11 is 0. The van der Waals surface area contributed by atoms with E-state index in [4.69, 9.17) is 4.74 Å². The van der Waals surface area contributed by atoms with E-state index < -0.39 is 12.7 Å². The summed E-state index contributed by atoms with van der Waals surface area (Å²) in [6.45, 7) is -1.04. The quantitative estimate of drug-likeness (QED) is 0.780. The van der Waals surface area contributed by atoms with E-state index in [1.54, 1.807) is 37.4 Å². The molecule has 0 heterocycles. The Balaban J connectivity index is 2.10. The van der Waals surface area contributed by atoms with Gasteiger partial charge in [0.1, 0.15) is 11.5 Å². The van der Waals surface area contributed by atoms with Gasteiger partial charge in [0.05, 0.1) is 19.6 Å². The topological polar surface area (TPSA) is 47.6 Å². The minimum Gasteiger partial charge on any atom is -0.497 e. The first-order valence-electron chi connectivity index (χ1n) is 7.99. The molecule has 25 heavy (non-hydrogen) atoms. The van der Waals surface area contributed by atoms with Crippen LogP contribution in [0.5, 0.6) is 11.5 Å². The number of halogens is 2. The third-order valence-corrected chi connectivity index (χ3v) is 3.75. The molecular weight excluding hydrogens is 328 g/mol. The lowest BCUT2D eigenvalue weighted by molar-refractivity contribution is -0.121. The molecule has 2 rings (SSSR count). The fraction of sp³-hybridized carbons (Fsp3) is 0.316. The average Bonchev–Trinajstić information content (AvgIpc) is 2.60. The number of carbonyl (C=O) groups is 1.